The molecule has 34 heavy (non-hydrogen) atoms. The first-order valence-electron chi connectivity index (χ1n) is 11.2. The van der Waals surface area contributed by atoms with Gasteiger partial charge >= 0.3 is 0 Å². The van der Waals surface area contributed by atoms with Crippen LogP contribution in [0.5, 0.6) is 5.75 Å². The Bertz CT molecular complexity index is 1270. The number of amides is 1. The Morgan fingerprint density at radius 1 is 1.09 bits per heavy atom. The molecule has 2 aromatic carbocycles. The second-order valence-corrected chi connectivity index (χ2v) is 10.6. The zero-order chi connectivity index (χ0) is 24.3. The minimum absolute atomic E-state index is 0.133. The molecule has 0 atom stereocenters. The highest BCUT2D eigenvalue weighted by Gasteiger charge is 2.22. The van der Waals surface area contributed by atoms with Crippen molar-refractivity contribution in [2.24, 2.45) is 0 Å². The maximum atomic E-state index is 12.7. The zero-order valence-electron chi connectivity index (χ0n) is 19.7. The average Bonchev–Trinajstić information content (AvgIpc) is 3.26. The van der Waals surface area contributed by atoms with Gasteiger partial charge in [-0.2, -0.15) is 0 Å². The van der Waals surface area contributed by atoms with Gasteiger partial charge in [-0.25, -0.2) is 17.4 Å². The summed E-state index contributed by atoms with van der Waals surface area (Å²) in [6.45, 7) is 3.47. The number of hydrogen-bond donors (Lipinski definition) is 0. The fourth-order valence-corrected chi connectivity index (χ4v) is 4.97. The van der Waals surface area contributed by atoms with Crippen molar-refractivity contribution in [3.05, 3.63) is 42.5 Å². The average molecular weight is 487 g/mol. The molecule has 1 fully saturated rings. The topological polar surface area (TPSA) is 101 Å². The number of ether oxygens (including phenoxy) is 1. The fourth-order valence-electron chi connectivity index (χ4n) is 4.05. The van der Waals surface area contributed by atoms with E-state index in [1.807, 2.05) is 23.1 Å². The summed E-state index contributed by atoms with van der Waals surface area (Å²) >= 11 is 0. The van der Waals surface area contributed by atoms with E-state index in [-0.39, 0.29) is 10.8 Å². The Labute approximate surface area is 199 Å². The van der Waals surface area contributed by atoms with E-state index in [4.69, 9.17) is 4.74 Å². The molecule has 10 nitrogen and oxygen atoms in total. The van der Waals surface area contributed by atoms with Gasteiger partial charge in [0.1, 0.15) is 11.3 Å². The second kappa shape index (κ2) is 9.98. The molecule has 0 N–H and O–H groups in total. The molecule has 3 aromatic rings. The molecule has 1 aliphatic rings. The molecule has 0 bridgehead atoms. The largest absolute Gasteiger partial charge is 0.497 e. The van der Waals surface area contributed by atoms with Crippen molar-refractivity contribution in [1.29, 1.82) is 0 Å². The number of aromatic nitrogens is 3. The molecular weight excluding hydrogens is 456 g/mol. The van der Waals surface area contributed by atoms with Gasteiger partial charge in [-0.05, 0) is 36.8 Å². The first kappa shape index (κ1) is 24.0. The highest BCUT2D eigenvalue weighted by Crippen LogP contribution is 2.23. The van der Waals surface area contributed by atoms with Crippen molar-refractivity contribution >= 4 is 32.7 Å². The van der Waals surface area contributed by atoms with Crippen LogP contribution >= 0.6 is 0 Å². The number of hydrogen-bond acceptors (Lipinski definition) is 7. The molecule has 0 spiro atoms. The Balaban J connectivity index is 1.29. The number of aryl methyl sites for hydroxylation is 1. The lowest BCUT2D eigenvalue weighted by Gasteiger charge is -2.36. The van der Waals surface area contributed by atoms with Crippen molar-refractivity contribution in [3.8, 4) is 5.75 Å². The van der Waals surface area contributed by atoms with Gasteiger partial charge in [0, 0.05) is 65.0 Å². The normalized spacial score (nSPS) is 14.7. The number of carbonyl (C=O) groups excluding carboxylic acids is 1. The predicted octanol–water partition coefficient (Wildman–Crippen LogP) is 1.82. The van der Waals surface area contributed by atoms with Crippen molar-refractivity contribution in [2.75, 3.05) is 52.3 Å². The Hall–Kier alpha value is -3.18. The first-order chi connectivity index (χ1) is 16.3. The summed E-state index contributed by atoms with van der Waals surface area (Å²) < 4.78 is 32.8. The minimum Gasteiger partial charge on any atom is -0.497 e. The van der Waals surface area contributed by atoms with E-state index >= 15 is 0 Å². The van der Waals surface area contributed by atoms with Gasteiger partial charge in [-0.15, -0.1) is 5.10 Å². The Morgan fingerprint density at radius 3 is 2.56 bits per heavy atom. The molecule has 0 unspecified atom stereocenters. The number of anilines is 1. The number of fused-ring (bicyclic) bond motifs is 1. The quantitative estimate of drug-likeness (QED) is 0.479. The number of methoxy groups -OCH3 is 1. The Kier molecular flexibility index (Phi) is 7.03. The van der Waals surface area contributed by atoms with E-state index in [2.05, 4.69) is 21.3 Å². The van der Waals surface area contributed by atoms with Gasteiger partial charge in [0.05, 0.1) is 17.5 Å². The lowest BCUT2D eigenvalue weighted by atomic mass is 10.2. The predicted molar refractivity (Wildman–Crippen MR) is 129 cm³/mol. The van der Waals surface area contributed by atoms with Gasteiger partial charge in [0.15, 0.2) is 0 Å². The van der Waals surface area contributed by atoms with Gasteiger partial charge in [0.25, 0.3) is 0 Å². The monoisotopic (exact) mass is 486 g/mol. The maximum absolute atomic E-state index is 12.7. The highest BCUT2D eigenvalue weighted by molar-refractivity contribution is 7.89. The smallest absolute Gasteiger partial charge is 0.242 e. The first-order valence-corrected chi connectivity index (χ1v) is 12.7. The maximum Gasteiger partial charge on any atom is 0.242 e. The summed E-state index contributed by atoms with van der Waals surface area (Å²) in [5, 5.41) is 8.26. The van der Waals surface area contributed by atoms with E-state index in [0.717, 1.165) is 30.0 Å². The lowest BCUT2D eigenvalue weighted by Crippen LogP contribution is -2.48. The molecule has 0 saturated carbocycles. The van der Waals surface area contributed by atoms with Gasteiger partial charge in [0.2, 0.25) is 15.9 Å². The van der Waals surface area contributed by atoms with Crippen LogP contribution in [0.4, 0.5) is 5.69 Å². The van der Waals surface area contributed by atoms with Crippen LogP contribution in [0.1, 0.15) is 12.8 Å². The molecule has 1 amide bonds. The summed E-state index contributed by atoms with van der Waals surface area (Å²) in [4.78, 5) is 17.1. The molecule has 11 heteroatoms. The third kappa shape index (κ3) is 5.00. The van der Waals surface area contributed by atoms with E-state index in [1.54, 1.807) is 23.9 Å². The van der Waals surface area contributed by atoms with Gasteiger partial charge in [-0.3, -0.25) is 4.79 Å². The van der Waals surface area contributed by atoms with Crippen LogP contribution in [0.2, 0.25) is 0 Å². The van der Waals surface area contributed by atoms with Crippen molar-refractivity contribution in [2.45, 2.75) is 24.3 Å². The molecule has 182 valence electrons. The van der Waals surface area contributed by atoms with Crippen LogP contribution in [-0.2, 0) is 21.4 Å². The molecule has 0 aliphatic carbocycles. The molecule has 1 aliphatic heterocycles. The molecule has 4 rings (SSSR count). The standard InChI is InChI=1S/C23H30N6O4S/c1-26(2)34(31,32)20-9-10-22-21(17-20)24-25-29(22)11-5-8-23(30)28-14-12-27(13-15-28)18-6-4-7-19(16-18)33-3/h4,6-7,9-10,16-17H,5,8,11-15H2,1-3H3. The number of benzene rings is 2. The van der Waals surface area contributed by atoms with Crippen molar-refractivity contribution in [1.82, 2.24) is 24.2 Å². The van der Waals surface area contributed by atoms with E-state index in [0.29, 0.717) is 38.0 Å². The van der Waals surface area contributed by atoms with E-state index in [9.17, 15) is 13.2 Å². The van der Waals surface area contributed by atoms with Crippen LogP contribution in [-0.4, -0.2) is 85.9 Å². The zero-order valence-corrected chi connectivity index (χ0v) is 20.5. The van der Waals surface area contributed by atoms with Crippen LogP contribution < -0.4 is 9.64 Å². The van der Waals surface area contributed by atoms with Crippen LogP contribution in [0, 0.1) is 0 Å². The minimum atomic E-state index is -3.53. The summed E-state index contributed by atoms with van der Waals surface area (Å²) in [5.41, 5.74) is 2.37. The number of rotatable bonds is 8. The molecular formula is C23H30N6O4S. The van der Waals surface area contributed by atoms with Gasteiger partial charge in [-0.1, -0.05) is 11.3 Å². The summed E-state index contributed by atoms with van der Waals surface area (Å²) in [6, 6.07) is 12.8. The van der Waals surface area contributed by atoms with Crippen LogP contribution in [0.3, 0.4) is 0 Å². The van der Waals surface area contributed by atoms with Crippen LogP contribution in [0.25, 0.3) is 11.0 Å². The Morgan fingerprint density at radius 2 is 1.85 bits per heavy atom. The molecule has 0 radical (unpaired) electrons. The third-order valence-electron chi connectivity index (χ3n) is 6.08. The van der Waals surface area contributed by atoms with Crippen LogP contribution in [0.15, 0.2) is 47.4 Å². The highest BCUT2D eigenvalue weighted by atomic mass is 32.2. The molecule has 1 saturated heterocycles. The molecule has 2 heterocycles. The lowest BCUT2D eigenvalue weighted by molar-refractivity contribution is -0.131. The number of carbonyl (C=O) groups is 1. The fraction of sp³-hybridized carbons (Fsp3) is 0.435. The third-order valence-corrected chi connectivity index (χ3v) is 7.89. The molecule has 1 aromatic heterocycles. The summed E-state index contributed by atoms with van der Waals surface area (Å²) in [5.74, 6) is 0.960. The van der Waals surface area contributed by atoms with Crippen molar-refractivity contribution in [3.63, 3.8) is 0 Å². The summed E-state index contributed by atoms with van der Waals surface area (Å²) in [6.07, 6.45) is 1.05. The number of piperazine rings is 1. The second-order valence-electron chi connectivity index (χ2n) is 8.42. The number of sulfonamides is 1. The van der Waals surface area contributed by atoms with Crippen molar-refractivity contribution < 1.29 is 17.9 Å². The summed E-state index contributed by atoms with van der Waals surface area (Å²) in [7, 11) is 1.11. The number of nitrogens with zero attached hydrogens (tertiary/aromatic N) is 6. The van der Waals surface area contributed by atoms with E-state index in [1.165, 1.54) is 24.5 Å². The van der Waals surface area contributed by atoms with E-state index < -0.39 is 10.0 Å². The SMILES string of the molecule is COc1cccc(N2CCN(C(=O)CCCn3nnc4cc(S(=O)(=O)N(C)C)ccc43)CC2)c1. The van der Waals surface area contributed by atoms with Gasteiger partial charge < -0.3 is 14.5 Å².